The van der Waals surface area contributed by atoms with Gasteiger partial charge in [-0.2, -0.15) is 4.98 Å². The molecule has 2 aromatic rings. The lowest BCUT2D eigenvalue weighted by atomic mass is 10.2. The molecule has 0 atom stereocenters. The first kappa shape index (κ1) is 22.6. The van der Waals surface area contributed by atoms with Crippen LogP contribution in [-0.2, 0) is 13.1 Å². The van der Waals surface area contributed by atoms with Crippen LogP contribution in [0.4, 0.5) is 5.82 Å². The fourth-order valence-electron chi connectivity index (χ4n) is 2.77. The minimum atomic E-state index is 0. The van der Waals surface area contributed by atoms with E-state index in [0.29, 0.717) is 24.2 Å². The molecule has 0 bridgehead atoms. The summed E-state index contributed by atoms with van der Waals surface area (Å²) in [6.07, 6.45) is 0. The Kier molecular flexibility index (Phi) is 8.69. The van der Waals surface area contributed by atoms with Crippen molar-refractivity contribution < 1.29 is 4.52 Å². The summed E-state index contributed by atoms with van der Waals surface area (Å²) in [5.41, 5.74) is 6.52. The quantitative estimate of drug-likeness (QED) is 0.807. The van der Waals surface area contributed by atoms with Crippen LogP contribution in [0.2, 0.25) is 0 Å². The fraction of sp³-hybridized carbons (Fsp3) is 0.625. The standard InChI is InChI=1S/C16H25N7O.2ClH/c1-11(2)16-18-12(3)8-14(20-16)23-6-4-22(5-7-23)10-13-19-15(9-17)24-21-13;;/h8,11H,4-7,9-10,17H2,1-3H3;2*1H. The molecule has 1 aliphatic heterocycles. The number of piperazine rings is 1. The maximum atomic E-state index is 5.50. The number of aryl methyl sites for hydroxylation is 1. The summed E-state index contributed by atoms with van der Waals surface area (Å²) in [7, 11) is 0. The highest BCUT2D eigenvalue weighted by molar-refractivity contribution is 5.85. The van der Waals surface area contributed by atoms with Gasteiger partial charge in [0.2, 0.25) is 5.89 Å². The first-order chi connectivity index (χ1) is 11.5. The summed E-state index contributed by atoms with van der Waals surface area (Å²) in [5.74, 6) is 3.45. The molecular formula is C16H27Cl2N7O. The second-order valence-corrected chi connectivity index (χ2v) is 6.45. The van der Waals surface area contributed by atoms with Gasteiger partial charge < -0.3 is 15.2 Å². The molecule has 0 unspecified atom stereocenters. The van der Waals surface area contributed by atoms with Gasteiger partial charge in [-0.3, -0.25) is 4.90 Å². The molecule has 1 aliphatic rings. The van der Waals surface area contributed by atoms with Gasteiger partial charge in [0.05, 0.1) is 13.1 Å². The molecule has 8 nitrogen and oxygen atoms in total. The monoisotopic (exact) mass is 403 g/mol. The van der Waals surface area contributed by atoms with E-state index in [4.69, 9.17) is 15.2 Å². The Morgan fingerprint density at radius 2 is 1.81 bits per heavy atom. The molecule has 146 valence electrons. The Bertz CT molecular complexity index is 687. The Balaban J connectivity index is 0.00000169. The van der Waals surface area contributed by atoms with Crippen LogP contribution >= 0.6 is 24.8 Å². The van der Waals surface area contributed by atoms with Gasteiger partial charge >= 0.3 is 0 Å². The molecule has 10 heteroatoms. The van der Waals surface area contributed by atoms with Crippen LogP contribution in [0.15, 0.2) is 10.6 Å². The number of anilines is 1. The van der Waals surface area contributed by atoms with E-state index in [1.165, 1.54) is 0 Å². The van der Waals surface area contributed by atoms with Crippen LogP contribution in [0.5, 0.6) is 0 Å². The topological polar surface area (TPSA) is 97.2 Å². The van der Waals surface area contributed by atoms with Crippen molar-refractivity contribution in [2.24, 2.45) is 5.73 Å². The van der Waals surface area contributed by atoms with Crippen LogP contribution in [0, 0.1) is 6.92 Å². The van der Waals surface area contributed by atoms with Crippen LogP contribution < -0.4 is 10.6 Å². The minimum absolute atomic E-state index is 0. The van der Waals surface area contributed by atoms with Crippen LogP contribution in [-0.4, -0.2) is 51.2 Å². The van der Waals surface area contributed by atoms with Gasteiger partial charge in [-0.15, -0.1) is 24.8 Å². The van der Waals surface area contributed by atoms with Crippen molar-refractivity contribution in [3.8, 4) is 0 Å². The van der Waals surface area contributed by atoms with E-state index in [0.717, 1.165) is 43.5 Å². The first-order valence-electron chi connectivity index (χ1n) is 8.39. The molecule has 2 aromatic heterocycles. The first-order valence-corrected chi connectivity index (χ1v) is 8.39. The van der Waals surface area contributed by atoms with E-state index >= 15 is 0 Å². The van der Waals surface area contributed by atoms with Crippen LogP contribution in [0.25, 0.3) is 0 Å². The van der Waals surface area contributed by atoms with Gasteiger partial charge in [-0.25, -0.2) is 9.97 Å². The molecule has 0 saturated carbocycles. The van der Waals surface area contributed by atoms with E-state index in [9.17, 15) is 0 Å². The smallest absolute Gasteiger partial charge is 0.240 e. The van der Waals surface area contributed by atoms with Gasteiger partial charge in [0, 0.05) is 43.9 Å². The van der Waals surface area contributed by atoms with E-state index in [-0.39, 0.29) is 31.4 Å². The van der Waals surface area contributed by atoms with Crippen molar-refractivity contribution in [2.45, 2.75) is 39.8 Å². The number of nitrogens with zero attached hydrogens (tertiary/aromatic N) is 6. The van der Waals surface area contributed by atoms with Crippen molar-refractivity contribution in [3.05, 3.63) is 29.3 Å². The molecule has 3 rings (SSSR count). The number of hydrogen-bond donors (Lipinski definition) is 1. The Morgan fingerprint density at radius 1 is 1.12 bits per heavy atom. The van der Waals surface area contributed by atoms with Crippen molar-refractivity contribution in [1.29, 1.82) is 0 Å². The van der Waals surface area contributed by atoms with E-state index < -0.39 is 0 Å². The third-order valence-corrected chi connectivity index (χ3v) is 4.12. The molecule has 0 radical (unpaired) electrons. The summed E-state index contributed by atoms with van der Waals surface area (Å²) < 4.78 is 5.05. The molecule has 0 aliphatic carbocycles. The minimum Gasteiger partial charge on any atom is -0.354 e. The normalized spacial score (nSPS) is 14.9. The Labute approximate surface area is 166 Å². The molecular weight excluding hydrogens is 377 g/mol. The summed E-state index contributed by atoms with van der Waals surface area (Å²) >= 11 is 0. The lowest BCUT2D eigenvalue weighted by Gasteiger charge is -2.35. The second kappa shape index (κ2) is 10.0. The molecule has 3 heterocycles. The third kappa shape index (κ3) is 5.51. The van der Waals surface area contributed by atoms with Crippen molar-refractivity contribution in [1.82, 2.24) is 25.0 Å². The second-order valence-electron chi connectivity index (χ2n) is 6.45. The molecule has 1 fully saturated rings. The Hall–Kier alpha value is -1.48. The fourth-order valence-corrected chi connectivity index (χ4v) is 2.77. The number of rotatable bonds is 5. The highest BCUT2D eigenvalue weighted by Crippen LogP contribution is 2.19. The molecule has 0 spiro atoms. The largest absolute Gasteiger partial charge is 0.354 e. The number of halogens is 2. The van der Waals surface area contributed by atoms with Crippen molar-refractivity contribution >= 4 is 30.6 Å². The zero-order chi connectivity index (χ0) is 17.1. The zero-order valence-corrected chi connectivity index (χ0v) is 17.0. The zero-order valence-electron chi connectivity index (χ0n) is 15.4. The highest BCUT2D eigenvalue weighted by atomic mass is 35.5. The lowest BCUT2D eigenvalue weighted by molar-refractivity contribution is 0.239. The van der Waals surface area contributed by atoms with Crippen molar-refractivity contribution in [3.63, 3.8) is 0 Å². The number of nitrogens with two attached hydrogens (primary N) is 1. The van der Waals surface area contributed by atoms with Crippen LogP contribution in [0.1, 0.15) is 43.0 Å². The lowest BCUT2D eigenvalue weighted by Crippen LogP contribution is -2.46. The predicted molar refractivity (Wildman–Crippen MR) is 105 cm³/mol. The maximum Gasteiger partial charge on any atom is 0.240 e. The summed E-state index contributed by atoms with van der Waals surface area (Å²) in [6.45, 7) is 11.0. The molecule has 1 saturated heterocycles. The summed E-state index contributed by atoms with van der Waals surface area (Å²) in [4.78, 5) is 18.1. The molecule has 2 N–H and O–H groups in total. The maximum absolute atomic E-state index is 5.50. The van der Waals surface area contributed by atoms with Gasteiger partial charge in [0.15, 0.2) is 5.82 Å². The third-order valence-electron chi connectivity index (χ3n) is 4.12. The number of aromatic nitrogens is 4. The Morgan fingerprint density at radius 3 is 2.38 bits per heavy atom. The predicted octanol–water partition coefficient (Wildman–Crippen LogP) is 1.92. The van der Waals surface area contributed by atoms with E-state index in [1.54, 1.807) is 0 Å². The van der Waals surface area contributed by atoms with E-state index in [2.05, 4.69) is 44.8 Å². The van der Waals surface area contributed by atoms with E-state index in [1.807, 2.05) is 6.92 Å². The average molecular weight is 404 g/mol. The summed E-state index contributed by atoms with van der Waals surface area (Å²) in [5, 5.41) is 3.96. The summed E-state index contributed by atoms with van der Waals surface area (Å²) in [6, 6.07) is 2.06. The van der Waals surface area contributed by atoms with Crippen LogP contribution in [0.3, 0.4) is 0 Å². The van der Waals surface area contributed by atoms with Gasteiger partial charge in [0.1, 0.15) is 11.6 Å². The molecule has 0 aromatic carbocycles. The van der Waals surface area contributed by atoms with Crippen molar-refractivity contribution in [2.75, 3.05) is 31.1 Å². The van der Waals surface area contributed by atoms with Gasteiger partial charge in [-0.1, -0.05) is 19.0 Å². The van der Waals surface area contributed by atoms with Gasteiger partial charge in [-0.05, 0) is 6.92 Å². The highest BCUT2D eigenvalue weighted by Gasteiger charge is 2.21. The average Bonchev–Trinajstić information content (AvgIpc) is 3.02. The van der Waals surface area contributed by atoms with Gasteiger partial charge in [0.25, 0.3) is 0 Å². The molecule has 26 heavy (non-hydrogen) atoms. The SMILES string of the molecule is Cc1cc(N2CCN(Cc3noc(CN)n3)CC2)nc(C(C)C)n1.Cl.Cl. The molecule has 0 amide bonds. The number of hydrogen-bond acceptors (Lipinski definition) is 8.